The predicted molar refractivity (Wildman–Crippen MR) is 65.2 cm³/mol. The maximum Gasteiger partial charge on any atom is 0.433 e. The fraction of sp³-hybridized carbons (Fsp3) is 0.308. The van der Waals surface area contributed by atoms with Gasteiger partial charge in [0.1, 0.15) is 5.69 Å². The Kier molecular flexibility index (Phi) is 3.90. The van der Waals surface area contributed by atoms with E-state index in [0.717, 1.165) is 10.2 Å². The molecule has 1 aromatic heterocycles. The zero-order chi connectivity index (χ0) is 13.9. The summed E-state index contributed by atoms with van der Waals surface area (Å²) in [5, 5.41) is 6.66. The summed E-state index contributed by atoms with van der Waals surface area (Å²) in [6.45, 7) is 0.657. The van der Waals surface area contributed by atoms with Crippen molar-refractivity contribution in [2.24, 2.45) is 7.05 Å². The third-order valence-electron chi connectivity index (χ3n) is 2.77. The molecular formula is C13H14F3N3. The fourth-order valence-electron chi connectivity index (χ4n) is 1.92. The Balaban J connectivity index is 2.01. The second-order valence-corrected chi connectivity index (χ2v) is 4.23. The number of benzene rings is 1. The summed E-state index contributed by atoms with van der Waals surface area (Å²) >= 11 is 0. The molecule has 0 aliphatic heterocycles. The quantitative estimate of drug-likeness (QED) is 0.925. The SMILES string of the molecule is Cn1ncc(CNCc2ccccc2)c1C(F)(F)F. The van der Waals surface area contributed by atoms with E-state index in [0.29, 0.717) is 6.54 Å². The number of alkyl halides is 3. The van der Waals surface area contributed by atoms with Crippen LogP contribution in [0.25, 0.3) is 0 Å². The van der Waals surface area contributed by atoms with Crippen LogP contribution in [0.15, 0.2) is 36.5 Å². The molecule has 2 rings (SSSR count). The van der Waals surface area contributed by atoms with Crippen LogP contribution in [0.2, 0.25) is 0 Å². The molecule has 0 fully saturated rings. The summed E-state index contributed by atoms with van der Waals surface area (Å²) in [5.41, 5.74) is 0.485. The fourth-order valence-corrected chi connectivity index (χ4v) is 1.92. The van der Waals surface area contributed by atoms with Gasteiger partial charge in [0.05, 0.1) is 6.20 Å². The maximum atomic E-state index is 12.8. The molecule has 2 aromatic rings. The lowest BCUT2D eigenvalue weighted by molar-refractivity contribution is -0.144. The van der Waals surface area contributed by atoms with Gasteiger partial charge in [0.2, 0.25) is 0 Å². The topological polar surface area (TPSA) is 29.9 Å². The number of halogens is 3. The summed E-state index contributed by atoms with van der Waals surface area (Å²) in [4.78, 5) is 0. The van der Waals surface area contributed by atoms with Crippen LogP contribution in [0.4, 0.5) is 13.2 Å². The van der Waals surface area contributed by atoms with E-state index in [-0.39, 0.29) is 12.1 Å². The molecule has 6 heteroatoms. The first-order valence-corrected chi connectivity index (χ1v) is 5.81. The monoisotopic (exact) mass is 269 g/mol. The van der Waals surface area contributed by atoms with Crippen LogP contribution in [0.5, 0.6) is 0 Å². The minimum absolute atomic E-state index is 0.136. The molecule has 0 saturated heterocycles. The van der Waals surface area contributed by atoms with E-state index in [1.165, 1.54) is 13.2 Å². The van der Waals surface area contributed by atoms with Crippen molar-refractivity contribution in [1.82, 2.24) is 15.1 Å². The van der Waals surface area contributed by atoms with Crippen LogP contribution in [0.1, 0.15) is 16.8 Å². The highest BCUT2D eigenvalue weighted by atomic mass is 19.4. The zero-order valence-electron chi connectivity index (χ0n) is 10.4. The van der Waals surface area contributed by atoms with Crippen molar-refractivity contribution in [2.75, 3.05) is 0 Å². The molecule has 0 unspecified atom stereocenters. The van der Waals surface area contributed by atoms with Crippen molar-refractivity contribution in [3.8, 4) is 0 Å². The molecule has 1 N–H and O–H groups in total. The van der Waals surface area contributed by atoms with E-state index in [2.05, 4.69) is 10.4 Å². The van der Waals surface area contributed by atoms with Crippen LogP contribution in [0.3, 0.4) is 0 Å². The van der Waals surface area contributed by atoms with Crippen LogP contribution < -0.4 is 5.32 Å². The standard InChI is InChI=1S/C13H14F3N3/c1-19-12(13(14,15)16)11(9-18-19)8-17-7-10-5-3-2-4-6-10/h2-6,9,17H,7-8H2,1H3. The molecule has 102 valence electrons. The molecule has 0 aliphatic carbocycles. The second-order valence-electron chi connectivity index (χ2n) is 4.23. The first-order valence-electron chi connectivity index (χ1n) is 5.81. The molecule has 0 radical (unpaired) electrons. The van der Waals surface area contributed by atoms with E-state index >= 15 is 0 Å². The number of nitrogens with one attached hydrogen (secondary N) is 1. The number of hydrogen-bond donors (Lipinski definition) is 1. The van der Waals surface area contributed by atoms with E-state index in [9.17, 15) is 13.2 Å². The molecule has 0 amide bonds. The summed E-state index contributed by atoms with van der Waals surface area (Å²) in [6.07, 6.45) is -3.13. The van der Waals surface area contributed by atoms with Gasteiger partial charge in [-0.25, -0.2) is 0 Å². The van der Waals surface area contributed by atoms with Gasteiger partial charge in [-0.05, 0) is 5.56 Å². The van der Waals surface area contributed by atoms with Crippen molar-refractivity contribution in [1.29, 1.82) is 0 Å². The van der Waals surface area contributed by atoms with Gasteiger partial charge in [-0.3, -0.25) is 4.68 Å². The Labute approximate surface area is 109 Å². The van der Waals surface area contributed by atoms with Gasteiger partial charge in [0, 0.05) is 25.7 Å². The van der Waals surface area contributed by atoms with E-state index in [1.807, 2.05) is 30.3 Å². The van der Waals surface area contributed by atoms with Crippen molar-refractivity contribution in [3.63, 3.8) is 0 Å². The zero-order valence-corrected chi connectivity index (χ0v) is 10.4. The minimum atomic E-state index is -4.38. The van der Waals surface area contributed by atoms with Gasteiger partial charge >= 0.3 is 6.18 Å². The summed E-state index contributed by atoms with van der Waals surface area (Å²) in [6, 6.07) is 9.51. The minimum Gasteiger partial charge on any atom is -0.308 e. The van der Waals surface area contributed by atoms with Gasteiger partial charge in [-0.2, -0.15) is 18.3 Å². The highest BCUT2D eigenvalue weighted by Gasteiger charge is 2.36. The van der Waals surface area contributed by atoms with Crippen molar-refractivity contribution in [2.45, 2.75) is 19.3 Å². The highest BCUT2D eigenvalue weighted by molar-refractivity contribution is 5.21. The first-order chi connectivity index (χ1) is 8.98. The van der Waals surface area contributed by atoms with Gasteiger partial charge < -0.3 is 5.32 Å². The lowest BCUT2D eigenvalue weighted by Crippen LogP contribution is -2.18. The highest BCUT2D eigenvalue weighted by Crippen LogP contribution is 2.31. The van der Waals surface area contributed by atoms with Crippen molar-refractivity contribution < 1.29 is 13.2 Å². The largest absolute Gasteiger partial charge is 0.433 e. The molecule has 0 saturated carbocycles. The summed E-state index contributed by atoms with van der Waals surface area (Å²) < 4.78 is 39.3. The van der Waals surface area contributed by atoms with Gasteiger partial charge in [0.15, 0.2) is 0 Å². The van der Waals surface area contributed by atoms with Crippen LogP contribution in [-0.2, 0) is 26.3 Å². The lowest BCUT2D eigenvalue weighted by Gasteiger charge is -2.10. The maximum absolute atomic E-state index is 12.8. The average Bonchev–Trinajstić information content (AvgIpc) is 2.72. The Morgan fingerprint density at radius 1 is 1.16 bits per heavy atom. The van der Waals surface area contributed by atoms with Crippen LogP contribution in [0, 0.1) is 0 Å². The third-order valence-corrected chi connectivity index (χ3v) is 2.77. The van der Waals surface area contributed by atoms with Crippen molar-refractivity contribution in [3.05, 3.63) is 53.3 Å². The van der Waals surface area contributed by atoms with Gasteiger partial charge in [-0.1, -0.05) is 30.3 Å². The summed E-state index contributed by atoms with van der Waals surface area (Å²) in [5.74, 6) is 0. The van der Waals surface area contributed by atoms with Crippen LogP contribution >= 0.6 is 0 Å². The molecule has 0 bridgehead atoms. The molecule has 1 aromatic carbocycles. The second kappa shape index (κ2) is 5.44. The van der Waals surface area contributed by atoms with Gasteiger partial charge in [0.25, 0.3) is 0 Å². The molecule has 3 nitrogen and oxygen atoms in total. The normalized spacial score (nSPS) is 11.8. The molecule has 0 spiro atoms. The van der Waals surface area contributed by atoms with Gasteiger partial charge in [-0.15, -0.1) is 0 Å². The molecule has 1 heterocycles. The lowest BCUT2D eigenvalue weighted by atomic mass is 10.2. The van der Waals surface area contributed by atoms with E-state index < -0.39 is 11.9 Å². The Morgan fingerprint density at radius 3 is 2.47 bits per heavy atom. The van der Waals surface area contributed by atoms with Crippen LogP contribution in [-0.4, -0.2) is 9.78 Å². The van der Waals surface area contributed by atoms with E-state index in [1.54, 1.807) is 0 Å². The number of aryl methyl sites for hydroxylation is 1. The summed E-state index contributed by atoms with van der Waals surface area (Å²) in [7, 11) is 1.30. The Morgan fingerprint density at radius 2 is 1.84 bits per heavy atom. The van der Waals surface area contributed by atoms with E-state index in [4.69, 9.17) is 0 Å². The number of aromatic nitrogens is 2. The van der Waals surface area contributed by atoms with Crippen molar-refractivity contribution >= 4 is 0 Å². The Bertz CT molecular complexity index is 532. The smallest absolute Gasteiger partial charge is 0.308 e. The average molecular weight is 269 g/mol. The molecule has 0 aliphatic rings. The number of nitrogens with zero attached hydrogens (tertiary/aromatic N) is 2. The molecule has 0 atom stereocenters. The molecule has 19 heavy (non-hydrogen) atoms. The Hall–Kier alpha value is -1.82. The third kappa shape index (κ3) is 3.35. The predicted octanol–water partition coefficient (Wildman–Crippen LogP) is 2.73. The number of rotatable bonds is 4. The first kappa shape index (κ1) is 13.6. The number of hydrogen-bond acceptors (Lipinski definition) is 2. The molecular weight excluding hydrogens is 255 g/mol.